The maximum Gasteiger partial charge on any atom is 0.129 e. The van der Waals surface area contributed by atoms with Crippen LogP contribution in [0.4, 0.5) is 4.39 Å². The highest BCUT2D eigenvalue weighted by Gasteiger charge is 2.26. The molecule has 0 unspecified atom stereocenters. The van der Waals surface area contributed by atoms with E-state index in [1.165, 1.54) is 0 Å². The third-order valence-corrected chi connectivity index (χ3v) is 4.58. The monoisotopic (exact) mass is 334 g/mol. The van der Waals surface area contributed by atoms with E-state index in [0.717, 1.165) is 51.0 Å². The molecule has 21 heavy (non-hydrogen) atoms. The van der Waals surface area contributed by atoms with Crippen molar-refractivity contribution in [2.24, 2.45) is 0 Å². The van der Waals surface area contributed by atoms with Crippen molar-refractivity contribution in [3.05, 3.63) is 34.1 Å². The Morgan fingerprint density at radius 1 is 1.33 bits per heavy atom. The summed E-state index contributed by atoms with van der Waals surface area (Å²) >= 11 is 6.41. The molecule has 1 atom stereocenters. The predicted molar refractivity (Wildman–Crippen MR) is 90.1 cm³/mol. The zero-order chi connectivity index (χ0) is 14.5. The van der Waals surface area contributed by atoms with Crippen LogP contribution in [0.1, 0.15) is 43.4 Å². The third-order valence-electron chi connectivity index (χ3n) is 4.08. The van der Waals surface area contributed by atoms with Gasteiger partial charge in [0.15, 0.2) is 0 Å². The largest absolute Gasteiger partial charge is 0.314 e. The summed E-state index contributed by atoms with van der Waals surface area (Å²) in [5.41, 5.74) is 1.65. The lowest BCUT2D eigenvalue weighted by atomic mass is 9.96. The summed E-state index contributed by atoms with van der Waals surface area (Å²) in [6.07, 6.45) is 3.18. The van der Waals surface area contributed by atoms with E-state index in [4.69, 9.17) is 11.6 Å². The van der Waals surface area contributed by atoms with E-state index in [2.05, 4.69) is 17.1 Å². The minimum absolute atomic E-state index is 0. The van der Waals surface area contributed by atoms with E-state index in [9.17, 15) is 4.39 Å². The Hall–Kier alpha value is -0.350. The number of nitrogens with one attached hydrogen (secondary N) is 1. The Bertz CT molecular complexity index is 448. The number of hydrogen-bond acceptors (Lipinski definition) is 2. The zero-order valence-corrected chi connectivity index (χ0v) is 14.4. The second kappa shape index (κ2) is 8.94. The number of halogens is 3. The molecule has 1 aromatic rings. The van der Waals surface area contributed by atoms with Gasteiger partial charge in [-0.15, -0.1) is 12.4 Å². The quantitative estimate of drug-likeness (QED) is 0.861. The van der Waals surface area contributed by atoms with E-state index in [1.54, 1.807) is 12.1 Å². The van der Waals surface area contributed by atoms with Gasteiger partial charge in [-0.1, -0.05) is 37.4 Å². The molecule has 1 aromatic carbocycles. The highest BCUT2D eigenvalue weighted by atomic mass is 35.5. The molecule has 120 valence electrons. The maximum absolute atomic E-state index is 14.3. The molecular weight excluding hydrogens is 310 g/mol. The number of benzene rings is 1. The van der Waals surface area contributed by atoms with E-state index in [0.29, 0.717) is 10.6 Å². The summed E-state index contributed by atoms with van der Waals surface area (Å²) < 4.78 is 14.3. The first-order chi connectivity index (χ1) is 9.65. The van der Waals surface area contributed by atoms with Crippen LogP contribution in [0, 0.1) is 12.7 Å². The van der Waals surface area contributed by atoms with Crippen LogP contribution >= 0.6 is 24.0 Å². The number of rotatable bonds is 5. The molecule has 1 N–H and O–H groups in total. The van der Waals surface area contributed by atoms with Gasteiger partial charge in [0.2, 0.25) is 0 Å². The molecule has 0 aliphatic carbocycles. The van der Waals surface area contributed by atoms with Crippen molar-refractivity contribution in [3.8, 4) is 0 Å². The molecule has 5 heteroatoms. The van der Waals surface area contributed by atoms with Gasteiger partial charge in [0.05, 0.1) is 5.02 Å². The summed E-state index contributed by atoms with van der Waals surface area (Å²) in [6.45, 7) is 7.96. The fourth-order valence-corrected chi connectivity index (χ4v) is 3.16. The van der Waals surface area contributed by atoms with Crippen LogP contribution in [-0.4, -0.2) is 31.1 Å². The highest BCUT2D eigenvalue weighted by molar-refractivity contribution is 6.32. The van der Waals surface area contributed by atoms with Gasteiger partial charge in [-0.25, -0.2) is 4.39 Å². The molecule has 1 aliphatic heterocycles. The third kappa shape index (κ3) is 4.56. The van der Waals surface area contributed by atoms with Gasteiger partial charge in [0.1, 0.15) is 5.82 Å². The molecule has 0 spiro atoms. The van der Waals surface area contributed by atoms with Crippen molar-refractivity contribution in [1.82, 2.24) is 10.2 Å². The van der Waals surface area contributed by atoms with Gasteiger partial charge >= 0.3 is 0 Å². The molecule has 1 heterocycles. The summed E-state index contributed by atoms with van der Waals surface area (Å²) in [6, 6.07) is 3.41. The number of piperazine rings is 1. The first-order valence-corrected chi connectivity index (χ1v) is 7.92. The minimum Gasteiger partial charge on any atom is -0.314 e. The van der Waals surface area contributed by atoms with Crippen molar-refractivity contribution in [1.29, 1.82) is 0 Å². The molecule has 0 radical (unpaired) electrons. The molecule has 0 aromatic heterocycles. The van der Waals surface area contributed by atoms with Gasteiger partial charge in [0, 0.05) is 37.8 Å². The van der Waals surface area contributed by atoms with Gasteiger partial charge in [-0.05, 0) is 25.0 Å². The molecule has 1 aliphatic rings. The van der Waals surface area contributed by atoms with Crippen LogP contribution in [0.25, 0.3) is 0 Å². The molecule has 0 saturated carbocycles. The average molecular weight is 335 g/mol. The number of nitrogens with zero attached hydrogens (tertiary/aromatic N) is 1. The Balaban J connectivity index is 0.00000220. The molecule has 1 saturated heterocycles. The number of hydrogen-bond donors (Lipinski definition) is 1. The highest BCUT2D eigenvalue weighted by Crippen LogP contribution is 2.35. The lowest BCUT2D eigenvalue weighted by Crippen LogP contribution is -2.45. The standard InChI is InChI=1S/C16H24ClFN2.ClH/c1-3-4-5-14(20-10-8-19-9-11-20)15-13(18)7-6-12(2)16(15)17;/h6-7,14,19H,3-5,8-11H2,1-2H3;1H/t14-;/m1./s1. The fourth-order valence-electron chi connectivity index (χ4n) is 2.88. The van der Waals surface area contributed by atoms with Gasteiger partial charge in [0.25, 0.3) is 0 Å². The van der Waals surface area contributed by atoms with Gasteiger partial charge < -0.3 is 5.32 Å². The van der Waals surface area contributed by atoms with Crippen molar-refractivity contribution >= 4 is 24.0 Å². The van der Waals surface area contributed by atoms with E-state index in [1.807, 2.05) is 6.92 Å². The lowest BCUT2D eigenvalue weighted by Gasteiger charge is -2.36. The van der Waals surface area contributed by atoms with Crippen molar-refractivity contribution < 1.29 is 4.39 Å². The van der Waals surface area contributed by atoms with Crippen LogP contribution in [0.3, 0.4) is 0 Å². The molecule has 2 rings (SSSR count). The molecule has 0 amide bonds. The first kappa shape index (κ1) is 18.7. The van der Waals surface area contributed by atoms with Gasteiger partial charge in [-0.3, -0.25) is 4.90 Å². The average Bonchev–Trinajstić information content (AvgIpc) is 2.47. The van der Waals surface area contributed by atoms with E-state index < -0.39 is 0 Å². The van der Waals surface area contributed by atoms with Crippen molar-refractivity contribution in [2.45, 2.75) is 39.2 Å². The summed E-state index contributed by atoms with van der Waals surface area (Å²) in [4.78, 5) is 2.37. The predicted octanol–water partition coefficient (Wildman–Crippen LogP) is 4.35. The summed E-state index contributed by atoms with van der Waals surface area (Å²) in [5, 5.41) is 3.95. The number of aryl methyl sites for hydroxylation is 1. The van der Waals surface area contributed by atoms with Crippen molar-refractivity contribution in [2.75, 3.05) is 26.2 Å². The second-order valence-corrected chi connectivity index (χ2v) is 5.91. The molecule has 0 bridgehead atoms. The Morgan fingerprint density at radius 3 is 2.62 bits per heavy atom. The summed E-state index contributed by atoms with van der Waals surface area (Å²) in [5.74, 6) is -0.166. The second-order valence-electron chi connectivity index (χ2n) is 5.54. The van der Waals surface area contributed by atoms with Crippen LogP contribution in [0.15, 0.2) is 12.1 Å². The smallest absolute Gasteiger partial charge is 0.129 e. The molecule has 2 nitrogen and oxygen atoms in total. The Labute approximate surface area is 138 Å². The van der Waals surface area contributed by atoms with Crippen molar-refractivity contribution in [3.63, 3.8) is 0 Å². The Kier molecular flexibility index (Phi) is 7.96. The lowest BCUT2D eigenvalue weighted by molar-refractivity contribution is 0.160. The van der Waals surface area contributed by atoms with Gasteiger partial charge in [-0.2, -0.15) is 0 Å². The van der Waals surface area contributed by atoms with E-state index in [-0.39, 0.29) is 24.3 Å². The zero-order valence-electron chi connectivity index (χ0n) is 12.8. The number of unbranched alkanes of at least 4 members (excludes halogenated alkanes) is 1. The maximum atomic E-state index is 14.3. The van der Waals surface area contributed by atoms with Crippen LogP contribution < -0.4 is 5.32 Å². The first-order valence-electron chi connectivity index (χ1n) is 7.54. The van der Waals surface area contributed by atoms with Crippen LogP contribution in [0.5, 0.6) is 0 Å². The van der Waals surface area contributed by atoms with E-state index >= 15 is 0 Å². The SMILES string of the molecule is CCCC[C@H](c1c(F)ccc(C)c1Cl)N1CCNCC1.Cl. The normalized spacial score (nSPS) is 17.3. The minimum atomic E-state index is -0.166. The molecular formula is C16H25Cl2FN2. The van der Waals surface area contributed by atoms with Crippen LogP contribution in [0.2, 0.25) is 5.02 Å². The summed E-state index contributed by atoms with van der Waals surface area (Å²) in [7, 11) is 0. The van der Waals surface area contributed by atoms with Crippen LogP contribution in [-0.2, 0) is 0 Å². The molecule has 1 fully saturated rings. The Morgan fingerprint density at radius 2 is 2.00 bits per heavy atom. The fraction of sp³-hybridized carbons (Fsp3) is 0.625. The topological polar surface area (TPSA) is 15.3 Å².